The predicted octanol–water partition coefficient (Wildman–Crippen LogP) is 21.1. The van der Waals surface area contributed by atoms with E-state index in [9.17, 15) is 14.4 Å². The molecule has 0 aliphatic carbocycles. The summed E-state index contributed by atoms with van der Waals surface area (Å²) in [5.74, 6) is -0.852. The van der Waals surface area contributed by atoms with E-state index in [1.165, 1.54) is 244 Å². The highest BCUT2D eigenvalue weighted by Gasteiger charge is 2.19. The number of hydrogen-bond acceptors (Lipinski definition) is 6. The van der Waals surface area contributed by atoms with Gasteiger partial charge in [0, 0.05) is 19.3 Å². The van der Waals surface area contributed by atoms with Crippen LogP contribution in [0, 0.1) is 0 Å². The van der Waals surface area contributed by atoms with Crippen LogP contribution in [0.1, 0.15) is 348 Å². The van der Waals surface area contributed by atoms with Gasteiger partial charge in [0.15, 0.2) is 6.10 Å². The van der Waals surface area contributed by atoms with Gasteiger partial charge < -0.3 is 14.2 Å². The second-order valence-electron chi connectivity index (χ2n) is 21.3. The third-order valence-corrected chi connectivity index (χ3v) is 14.2. The van der Waals surface area contributed by atoms with Crippen molar-refractivity contribution in [2.45, 2.75) is 354 Å². The van der Waals surface area contributed by atoms with Gasteiger partial charge in [-0.1, -0.05) is 302 Å². The zero-order chi connectivity index (χ0) is 50.7. The quantitative estimate of drug-likeness (QED) is 0.0261. The molecule has 6 nitrogen and oxygen atoms in total. The van der Waals surface area contributed by atoms with E-state index in [0.717, 1.165) is 64.2 Å². The van der Waals surface area contributed by atoms with Crippen LogP contribution in [0.25, 0.3) is 0 Å². The summed E-state index contributed by atoms with van der Waals surface area (Å²) in [7, 11) is 0. The van der Waals surface area contributed by atoms with Gasteiger partial charge in [-0.25, -0.2) is 0 Å². The molecule has 70 heavy (non-hydrogen) atoms. The van der Waals surface area contributed by atoms with Crippen LogP contribution < -0.4 is 0 Å². The van der Waals surface area contributed by atoms with Crippen LogP contribution in [0.3, 0.4) is 0 Å². The molecule has 0 aromatic heterocycles. The van der Waals surface area contributed by atoms with E-state index in [-0.39, 0.29) is 31.1 Å². The Labute approximate surface area is 436 Å². The molecule has 0 saturated carbocycles. The highest BCUT2D eigenvalue weighted by molar-refractivity contribution is 5.71. The van der Waals surface area contributed by atoms with Gasteiger partial charge in [0.2, 0.25) is 0 Å². The van der Waals surface area contributed by atoms with Gasteiger partial charge in [-0.2, -0.15) is 0 Å². The molecule has 412 valence electrons. The van der Waals surface area contributed by atoms with Gasteiger partial charge in [-0.05, 0) is 51.4 Å². The van der Waals surface area contributed by atoms with Gasteiger partial charge >= 0.3 is 17.9 Å². The monoisotopic (exact) mass is 985 g/mol. The minimum Gasteiger partial charge on any atom is -0.462 e. The molecule has 0 N–H and O–H groups in total. The van der Waals surface area contributed by atoms with Gasteiger partial charge in [0.1, 0.15) is 13.2 Å². The highest BCUT2D eigenvalue weighted by Crippen LogP contribution is 2.18. The Morgan fingerprint density at radius 3 is 0.786 bits per heavy atom. The molecule has 0 amide bonds. The molecular weight excluding hydrogens is 865 g/mol. The van der Waals surface area contributed by atoms with Crippen molar-refractivity contribution in [2.24, 2.45) is 0 Å². The van der Waals surface area contributed by atoms with E-state index in [2.05, 4.69) is 45.1 Å². The average molecular weight is 986 g/mol. The van der Waals surface area contributed by atoms with Gasteiger partial charge in [0.05, 0.1) is 0 Å². The second kappa shape index (κ2) is 59.5. The molecule has 0 aromatic rings. The minimum atomic E-state index is -0.762. The minimum absolute atomic E-state index is 0.0649. The smallest absolute Gasteiger partial charge is 0.306 e. The number of allylic oxidation sites excluding steroid dienone is 4. The first-order valence-corrected chi connectivity index (χ1v) is 31.3. The largest absolute Gasteiger partial charge is 0.462 e. The summed E-state index contributed by atoms with van der Waals surface area (Å²) >= 11 is 0. The maximum absolute atomic E-state index is 12.8. The molecule has 0 aliphatic heterocycles. The van der Waals surface area contributed by atoms with Crippen LogP contribution in [0.4, 0.5) is 0 Å². The third kappa shape index (κ3) is 56.8. The van der Waals surface area contributed by atoms with E-state index in [1.807, 2.05) is 0 Å². The first-order chi connectivity index (χ1) is 34.5. The Bertz CT molecular complexity index is 1130. The van der Waals surface area contributed by atoms with Crippen molar-refractivity contribution < 1.29 is 28.6 Å². The Morgan fingerprint density at radius 2 is 0.514 bits per heavy atom. The maximum Gasteiger partial charge on any atom is 0.306 e. The summed E-state index contributed by atoms with van der Waals surface area (Å²) in [4.78, 5) is 37.9. The Balaban J connectivity index is 3.94. The van der Waals surface area contributed by atoms with E-state index in [1.54, 1.807) is 0 Å². The molecule has 1 unspecified atom stereocenters. The van der Waals surface area contributed by atoms with Crippen molar-refractivity contribution in [3.8, 4) is 0 Å². The summed E-state index contributed by atoms with van der Waals surface area (Å²) in [6.07, 6.45) is 70.9. The van der Waals surface area contributed by atoms with Crippen LogP contribution in [0.5, 0.6) is 0 Å². The molecule has 1 atom stereocenters. The fraction of sp³-hybridized carbons (Fsp3) is 0.891. The Kier molecular flexibility index (Phi) is 57.7. The molecule has 0 aliphatic rings. The number of unbranched alkanes of at least 4 members (excludes halogenated alkanes) is 43. The number of carbonyl (C=O) groups excluding carboxylic acids is 3. The summed E-state index contributed by atoms with van der Waals surface area (Å²) in [6, 6.07) is 0. The van der Waals surface area contributed by atoms with Gasteiger partial charge in [-0.3, -0.25) is 14.4 Å². The predicted molar refractivity (Wildman–Crippen MR) is 303 cm³/mol. The molecule has 0 aromatic carbocycles. The van der Waals surface area contributed by atoms with Crippen LogP contribution in [-0.2, 0) is 28.6 Å². The van der Waals surface area contributed by atoms with E-state index < -0.39 is 6.10 Å². The SMILES string of the molecule is CCCCCCC/C=C\C/C=C\CCCCCCCCCCCCCCCCCCCCCC(=O)OCC(COC(=O)CCCCCCCC)OC(=O)CCCCCCCCCCCCCCCCC. The zero-order valence-electron chi connectivity index (χ0n) is 47.3. The Morgan fingerprint density at radius 1 is 0.286 bits per heavy atom. The van der Waals surface area contributed by atoms with Crippen molar-refractivity contribution in [1.82, 2.24) is 0 Å². The first kappa shape index (κ1) is 67.9. The van der Waals surface area contributed by atoms with Gasteiger partial charge in [-0.15, -0.1) is 0 Å². The molecular formula is C64H120O6. The first-order valence-electron chi connectivity index (χ1n) is 31.3. The van der Waals surface area contributed by atoms with Crippen molar-refractivity contribution in [2.75, 3.05) is 13.2 Å². The molecule has 0 rings (SSSR count). The van der Waals surface area contributed by atoms with Crippen molar-refractivity contribution in [3.05, 3.63) is 24.3 Å². The fourth-order valence-electron chi connectivity index (χ4n) is 9.48. The van der Waals surface area contributed by atoms with Crippen molar-refractivity contribution in [3.63, 3.8) is 0 Å². The molecule has 0 heterocycles. The number of ether oxygens (including phenoxy) is 3. The summed E-state index contributed by atoms with van der Waals surface area (Å²) in [6.45, 7) is 6.62. The summed E-state index contributed by atoms with van der Waals surface area (Å²) < 4.78 is 16.8. The summed E-state index contributed by atoms with van der Waals surface area (Å²) in [5.41, 5.74) is 0. The molecule has 0 bridgehead atoms. The van der Waals surface area contributed by atoms with Crippen molar-refractivity contribution >= 4 is 17.9 Å². The van der Waals surface area contributed by atoms with E-state index in [4.69, 9.17) is 14.2 Å². The Hall–Kier alpha value is -2.11. The lowest BCUT2D eigenvalue weighted by molar-refractivity contribution is -0.167. The van der Waals surface area contributed by atoms with Crippen LogP contribution in [0.2, 0.25) is 0 Å². The molecule has 0 saturated heterocycles. The topological polar surface area (TPSA) is 78.9 Å². The van der Waals surface area contributed by atoms with Crippen LogP contribution in [0.15, 0.2) is 24.3 Å². The fourth-order valence-corrected chi connectivity index (χ4v) is 9.48. The van der Waals surface area contributed by atoms with Crippen LogP contribution in [-0.4, -0.2) is 37.2 Å². The lowest BCUT2D eigenvalue weighted by Crippen LogP contribution is -2.30. The lowest BCUT2D eigenvalue weighted by Gasteiger charge is -2.18. The van der Waals surface area contributed by atoms with E-state index in [0.29, 0.717) is 19.3 Å². The number of carbonyl (C=O) groups is 3. The number of hydrogen-bond donors (Lipinski definition) is 0. The highest BCUT2D eigenvalue weighted by atomic mass is 16.6. The van der Waals surface area contributed by atoms with Gasteiger partial charge in [0.25, 0.3) is 0 Å². The van der Waals surface area contributed by atoms with Crippen LogP contribution >= 0.6 is 0 Å². The maximum atomic E-state index is 12.8. The molecule has 0 radical (unpaired) electrons. The van der Waals surface area contributed by atoms with Crippen molar-refractivity contribution in [1.29, 1.82) is 0 Å². The van der Waals surface area contributed by atoms with E-state index >= 15 is 0 Å². The zero-order valence-corrected chi connectivity index (χ0v) is 47.3. The average Bonchev–Trinajstić information content (AvgIpc) is 3.36. The standard InChI is InChI=1S/C64H120O6/c1-4-7-10-13-16-18-20-22-24-25-26-27-28-29-30-31-32-33-34-35-36-37-38-39-41-42-44-46-48-51-54-57-63(66)69-60-61(59-68-62(65)56-53-50-15-12-9-6-3)70-64(67)58-55-52-49-47-45-43-40-23-21-19-17-14-11-8-5-2/h20,22,25-26,61H,4-19,21,23-24,27-60H2,1-3H3/b22-20-,26-25-. The molecule has 6 heteroatoms. The third-order valence-electron chi connectivity index (χ3n) is 14.2. The molecule has 0 fully saturated rings. The number of rotatable bonds is 58. The molecule has 0 spiro atoms. The lowest BCUT2D eigenvalue weighted by atomic mass is 10.0. The summed E-state index contributed by atoms with van der Waals surface area (Å²) in [5, 5.41) is 0. The normalized spacial score (nSPS) is 12.1. The number of esters is 3. The second-order valence-corrected chi connectivity index (χ2v) is 21.3.